The minimum atomic E-state index is -0.400. The molecule has 82 valence electrons. The summed E-state index contributed by atoms with van der Waals surface area (Å²) in [5, 5.41) is 10.5. The minimum absolute atomic E-state index is 0.172. The van der Waals surface area contributed by atoms with Gasteiger partial charge in [0.1, 0.15) is 0 Å². The van der Waals surface area contributed by atoms with Gasteiger partial charge in [-0.25, -0.2) is 0 Å². The second kappa shape index (κ2) is 4.09. The maximum absolute atomic E-state index is 11.4. The lowest BCUT2D eigenvalue weighted by Gasteiger charge is -2.11. The molecule has 0 bridgehead atoms. The average Bonchev–Trinajstić information content (AvgIpc) is 2.30. The lowest BCUT2D eigenvalue weighted by molar-refractivity contribution is -0.428. The fourth-order valence-corrected chi connectivity index (χ4v) is 1.55. The Morgan fingerprint density at radius 3 is 2.75 bits per heavy atom. The number of nitrogens with zero attached hydrogens (tertiary/aromatic N) is 3. The first-order chi connectivity index (χ1) is 7.68. The maximum atomic E-state index is 11.4. The van der Waals surface area contributed by atoms with Crippen LogP contribution in [0.5, 0.6) is 0 Å². The molecule has 6 nitrogen and oxygen atoms in total. The standard InChI is InChI=1S/C10H9N3O3/c14-10-7-11-5-6-12(10)8-1-3-9(4-2-8)13(15)16/h1,3,5-7H,2,4H2. The molecule has 1 heterocycles. The second-order valence-corrected chi connectivity index (χ2v) is 3.36. The van der Waals surface area contributed by atoms with Crippen molar-refractivity contribution in [3.05, 3.63) is 56.9 Å². The molecule has 0 fully saturated rings. The van der Waals surface area contributed by atoms with E-state index < -0.39 is 4.92 Å². The Hall–Kier alpha value is -2.24. The Morgan fingerprint density at radius 2 is 2.19 bits per heavy atom. The molecule has 1 aromatic heterocycles. The van der Waals surface area contributed by atoms with Crippen LogP contribution in [-0.2, 0) is 0 Å². The molecular formula is C10H9N3O3. The van der Waals surface area contributed by atoms with Gasteiger partial charge in [-0.05, 0) is 12.5 Å². The summed E-state index contributed by atoms with van der Waals surface area (Å²) >= 11 is 0. The van der Waals surface area contributed by atoms with Crippen LogP contribution in [-0.4, -0.2) is 14.5 Å². The van der Waals surface area contributed by atoms with Crippen molar-refractivity contribution in [1.82, 2.24) is 9.55 Å². The van der Waals surface area contributed by atoms with Gasteiger partial charge in [0.2, 0.25) is 5.70 Å². The van der Waals surface area contributed by atoms with Crippen molar-refractivity contribution < 1.29 is 4.92 Å². The average molecular weight is 219 g/mol. The normalized spacial score (nSPS) is 15.2. The van der Waals surface area contributed by atoms with E-state index in [0.29, 0.717) is 12.8 Å². The summed E-state index contributed by atoms with van der Waals surface area (Å²) in [6.45, 7) is 0. The van der Waals surface area contributed by atoms with Gasteiger partial charge in [-0.15, -0.1) is 0 Å². The first-order valence-corrected chi connectivity index (χ1v) is 4.75. The zero-order valence-electron chi connectivity index (χ0n) is 8.37. The summed E-state index contributed by atoms with van der Waals surface area (Å²) in [7, 11) is 0. The van der Waals surface area contributed by atoms with Crippen molar-refractivity contribution in [1.29, 1.82) is 0 Å². The van der Waals surface area contributed by atoms with Crippen molar-refractivity contribution in [2.24, 2.45) is 0 Å². The highest BCUT2D eigenvalue weighted by Crippen LogP contribution is 2.20. The van der Waals surface area contributed by atoms with Crippen LogP contribution in [0.15, 0.2) is 41.2 Å². The highest BCUT2D eigenvalue weighted by Gasteiger charge is 2.16. The highest BCUT2D eigenvalue weighted by atomic mass is 16.6. The van der Waals surface area contributed by atoms with Gasteiger partial charge in [-0.3, -0.25) is 24.5 Å². The van der Waals surface area contributed by atoms with Crippen molar-refractivity contribution in [2.75, 3.05) is 0 Å². The topological polar surface area (TPSA) is 78.0 Å². The number of nitro groups is 1. The largest absolute Gasteiger partial charge is 0.285 e. The van der Waals surface area contributed by atoms with E-state index in [1.165, 1.54) is 23.0 Å². The molecular weight excluding hydrogens is 210 g/mol. The lowest BCUT2D eigenvalue weighted by Crippen LogP contribution is -2.19. The molecule has 0 N–H and O–H groups in total. The molecule has 0 atom stereocenters. The molecule has 0 saturated heterocycles. The fourth-order valence-electron chi connectivity index (χ4n) is 1.55. The summed E-state index contributed by atoms with van der Waals surface area (Å²) in [5.41, 5.74) is 0.690. The SMILES string of the molecule is O=c1cnccn1C1=CC=C([N+](=O)[O-])CC1. The van der Waals surface area contributed by atoms with Gasteiger partial charge in [-0.1, -0.05) is 0 Å². The third-order valence-corrected chi connectivity index (χ3v) is 2.37. The summed E-state index contributed by atoms with van der Waals surface area (Å²) in [5.74, 6) is 0. The lowest BCUT2D eigenvalue weighted by atomic mass is 10.1. The molecule has 6 heteroatoms. The van der Waals surface area contributed by atoms with Crippen molar-refractivity contribution >= 4 is 5.70 Å². The van der Waals surface area contributed by atoms with Gasteiger partial charge < -0.3 is 0 Å². The van der Waals surface area contributed by atoms with Crippen molar-refractivity contribution in [3.8, 4) is 0 Å². The third kappa shape index (κ3) is 1.90. The molecule has 0 radical (unpaired) electrons. The fraction of sp³-hybridized carbons (Fsp3) is 0.200. The molecule has 1 aromatic rings. The molecule has 2 rings (SSSR count). The van der Waals surface area contributed by atoms with Crippen LogP contribution < -0.4 is 5.56 Å². The smallest absolute Gasteiger partial charge is 0.273 e. The quantitative estimate of drug-likeness (QED) is 0.550. The summed E-state index contributed by atoms with van der Waals surface area (Å²) < 4.78 is 1.44. The van der Waals surface area contributed by atoms with Crippen LogP contribution >= 0.6 is 0 Å². The Labute approximate surface area is 90.7 Å². The number of hydrogen-bond acceptors (Lipinski definition) is 4. The van der Waals surface area contributed by atoms with Crippen LogP contribution in [0, 0.1) is 10.1 Å². The number of allylic oxidation sites excluding steroid dienone is 4. The molecule has 1 aliphatic rings. The molecule has 0 unspecified atom stereocenters. The minimum Gasteiger partial charge on any atom is -0.285 e. The van der Waals surface area contributed by atoms with Crippen LogP contribution in [0.2, 0.25) is 0 Å². The van der Waals surface area contributed by atoms with E-state index in [-0.39, 0.29) is 11.3 Å². The number of rotatable bonds is 2. The third-order valence-electron chi connectivity index (χ3n) is 2.37. The summed E-state index contributed by atoms with van der Waals surface area (Å²) in [6.07, 6.45) is 8.14. The van der Waals surface area contributed by atoms with Gasteiger partial charge in [0.25, 0.3) is 5.56 Å². The van der Waals surface area contributed by atoms with Gasteiger partial charge in [0.05, 0.1) is 11.1 Å². The molecule has 1 aliphatic carbocycles. The molecule has 0 aromatic carbocycles. The predicted molar refractivity (Wildman–Crippen MR) is 57.1 cm³/mol. The zero-order valence-corrected chi connectivity index (χ0v) is 8.37. The van der Waals surface area contributed by atoms with E-state index in [1.807, 2.05) is 0 Å². The number of hydrogen-bond donors (Lipinski definition) is 0. The highest BCUT2D eigenvalue weighted by molar-refractivity contribution is 5.50. The van der Waals surface area contributed by atoms with E-state index >= 15 is 0 Å². The molecule has 16 heavy (non-hydrogen) atoms. The van der Waals surface area contributed by atoms with E-state index in [0.717, 1.165) is 5.70 Å². The molecule has 0 amide bonds. The van der Waals surface area contributed by atoms with E-state index in [2.05, 4.69) is 4.98 Å². The summed E-state index contributed by atoms with van der Waals surface area (Å²) in [4.78, 5) is 25.2. The van der Waals surface area contributed by atoms with Crippen LogP contribution in [0.1, 0.15) is 12.8 Å². The van der Waals surface area contributed by atoms with Crippen LogP contribution in [0.3, 0.4) is 0 Å². The maximum Gasteiger partial charge on any atom is 0.273 e. The van der Waals surface area contributed by atoms with Gasteiger partial charge in [-0.2, -0.15) is 0 Å². The van der Waals surface area contributed by atoms with Crippen LogP contribution in [0.25, 0.3) is 5.70 Å². The van der Waals surface area contributed by atoms with Crippen LogP contribution in [0.4, 0.5) is 0 Å². The van der Waals surface area contributed by atoms with E-state index in [1.54, 1.807) is 12.3 Å². The molecule has 0 spiro atoms. The Bertz CT molecular complexity index is 542. The Kier molecular flexibility index (Phi) is 2.63. The second-order valence-electron chi connectivity index (χ2n) is 3.36. The Morgan fingerprint density at radius 1 is 1.38 bits per heavy atom. The Balaban J connectivity index is 2.36. The molecule has 0 saturated carbocycles. The van der Waals surface area contributed by atoms with Crippen molar-refractivity contribution in [2.45, 2.75) is 12.8 Å². The first-order valence-electron chi connectivity index (χ1n) is 4.75. The van der Waals surface area contributed by atoms with E-state index in [9.17, 15) is 14.9 Å². The first kappa shape index (κ1) is 10.3. The molecule has 0 aliphatic heterocycles. The van der Waals surface area contributed by atoms with Crippen molar-refractivity contribution in [3.63, 3.8) is 0 Å². The summed E-state index contributed by atoms with van der Waals surface area (Å²) in [6, 6.07) is 0. The monoisotopic (exact) mass is 219 g/mol. The zero-order chi connectivity index (χ0) is 11.5. The van der Waals surface area contributed by atoms with Gasteiger partial charge in [0.15, 0.2) is 0 Å². The number of aromatic nitrogens is 2. The van der Waals surface area contributed by atoms with Gasteiger partial charge >= 0.3 is 0 Å². The predicted octanol–water partition coefficient (Wildman–Crippen LogP) is 1.04. The van der Waals surface area contributed by atoms with E-state index in [4.69, 9.17) is 0 Å². The van der Waals surface area contributed by atoms with Gasteiger partial charge in [0, 0.05) is 30.6 Å².